The minimum absolute atomic E-state index is 0.0825. The Labute approximate surface area is 216 Å². The second-order valence-electron chi connectivity index (χ2n) is 10.9. The third-order valence-corrected chi connectivity index (χ3v) is 10.1. The van der Waals surface area contributed by atoms with Crippen LogP contribution in [0.3, 0.4) is 0 Å². The number of thioether (sulfide) groups is 1. The van der Waals surface area contributed by atoms with Gasteiger partial charge in [-0.25, -0.2) is 0 Å². The zero-order valence-electron chi connectivity index (χ0n) is 21.4. The number of anilines is 1. The van der Waals surface area contributed by atoms with E-state index in [0.29, 0.717) is 6.54 Å². The fourth-order valence-electron chi connectivity index (χ4n) is 6.70. The van der Waals surface area contributed by atoms with Crippen LogP contribution in [0.2, 0.25) is 0 Å². The number of aliphatic hydroxyl groups is 1. The monoisotopic (exact) mass is 510 g/mol. The van der Waals surface area contributed by atoms with Gasteiger partial charge in [0.15, 0.2) is 0 Å². The lowest BCUT2D eigenvalue weighted by Gasteiger charge is -2.41. The summed E-state index contributed by atoms with van der Waals surface area (Å²) in [6.45, 7) is 10.1. The number of amides is 2. The summed E-state index contributed by atoms with van der Waals surface area (Å²) in [4.78, 5) is 45.5. The second-order valence-corrected chi connectivity index (χ2v) is 12.7. The SMILES string of the molecule is Cc1cccc(C)c1N1CC=C[C@]23S[C@]4(C)C=CCOC(=O)[C@@H]4[C@H]2C(=O)N([C@@H](CO)C(C)C)C3C1=O. The summed E-state index contributed by atoms with van der Waals surface area (Å²) in [6, 6.07) is 4.52. The molecular formula is C28H34N2O5S. The first-order valence-electron chi connectivity index (χ1n) is 12.6. The van der Waals surface area contributed by atoms with Crippen LogP contribution in [-0.4, -0.2) is 69.1 Å². The minimum atomic E-state index is -0.956. The number of nitrogens with zero attached hydrogens (tertiary/aromatic N) is 2. The maximum Gasteiger partial charge on any atom is 0.311 e. The molecule has 5 rings (SSSR count). The third-order valence-electron chi connectivity index (χ3n) is 8.27. The highest BCUT2D eigenvalue weighted by Crippen LogP contribution is 2.66. The zero-order chi connectivity index (χ0) is 26.0. The Balaban J connectivity index is 1.72. The predicted molar refractivity (Wildman–Crippen MR) is 140 cm³/mol. The predicted octanol–water partition coefficient (Wildman–Crippen LogP) is 3.02. The molecule has 4 aliphatic rings. The van der Waals surface area contributed by atoms with Gasteiger partial charge in [-0.2, -0.15) is 0 Å². The number of cyclic esters (lactones) is 1. The van der Waals surface area contributed by atoms with Crippen LogP contribution in [0.15, 0.2) is 42.5 Å². The molecule has 2 saturated heterocycles. The van der Waals surface area contributed by atoms with Gasteiger partial charge in [0, 0.05) is 17.0 Å². The summed E-state index contributed by atoms with van der Waals surface area (Å²) in [7, 11) is 0. The van der Waals surface area contributed by atoms with Crippen molar-refractivity contribution in [3.8, 4) is 0 Å². The molecule has 0 saturated carbocycles. The van der Waals surface area contributed by atoms with Crippen molar-refractivity contribution in [3.63, 3.8) is 0 Å². The molecule has 0 radical (unpaired) electrons. The van der Waals surface area contributed by atoms with E-state index in [1.54, 1.807) is 9.80 Å². The summed E-state index contributed by atoms with van der Waals surface area (Å²) in [5.41, 5.74) is 2.80. The van der Waals surface area contributed by atoms with Gasteiger partial charge in [0.25, 0.3) is 5.91 Å². The quantitative estimate of drug-likeness (QED) is 0.495. The standard InChI is InChI=1S/C28H34N2O5S/c1-16(2)19(15-31)30-23-25(33)29(22-17(3)9-6-10-18(22)4)13-7-12-28(23)20(24(30)32)21-26(34)35-14-8-11-27(21,5)36-28/h6-12,16,19-21,23,31H,13-15H2,1-5H3/t19-,20-,21-,23?,27+,28-/m0/s1. The number of likely N-dealkylation sites (tertiary alicyclic amines) is 1. The molecule has 1 aromatic carbocycles. The molecule has 1 N–H and O–H groups in total. The first-order chi connectivity index (χ1) is 17.1. The first kappa shape index (κ1) is 25.1. The Kier molecular flexibility index (Phi) is 6.11. The van der Waals surface area contributed by atoms with E-state index in [1.807, 2.05) is 77.1 Å². The number of esters is 1. The molecule has 6 atom stereocenters. The van der Waals surface area contributed by atoms with Gasteiger partial charge in [-0.3, -0.25) is 14.4 Å². The number of carbonyl (C=O) groups excluding carboxylic acids is 3. The van der Waals surface area contributed by atoms with Crippen LogP contribution in [0.25, 0.3) is 0 Å². The van der Waals surface area contributed by atoms with E-state index in [2.05, 4.69) is 0 Å². The smallest absolute Gasteiger partial charge is 0.311 e. The third kappa shape index (κ3) is 3.40. The molecule has 7 nitrogen and oxygen atoms in total. The topological polar surface area (TPSA) is 87.2 Å². The number of hydrogen-bond donors (Lipinski definition) is 1. The van der Waals surface area contributed by atoms with Crippen LogP contribution in [0.1, 0.15) is 31.9 Å². The fourth-order valence-corrected chi connectivity index (χ4v) is 8.84. The van der Waals surface area contributed by atoms with Crippen LogP contribution in [-0.2, 0) is 19.1 Å². The van der Waals surface area contributed by atoms with E-state index in [0.717, 1.165) is 16.8 Å². The lowest BCUT2D eigenvalue weighted by molar-refractivity contribution is -0.153. The Morgan fingerprint density at radius 3 is 2.42 bits per heavy atom. The van der Waals surface area contributed by atoms with Crippen LogP contribution >= 0.6 is 11.8 Å². The lowest BCUT2D eigenvalue weighted by atomic mass is 9.75. The summed E-state index contributed by atoms with van der Waals surface area (Å²) >= 11 is 1.52. The average Bonchev–Trinajstić information content (AvgIpc) is 3.07. The van der Waals surface area contributed by atoms with Gasteiger partial charge in [-0.1, -0.05) is 50.3 Å². The average molecular weight is 511 g/mol. The van der Waals surface area contributed by atoms with Crippen molar-refractivity contribution < 1.29 is 24.2 Å². The number of hydrogen-bond acceptors (Lipinski definition) is 6. The molecule has 4 heterocycles. The Morgan fingerprint density at radius 2 is 1.78 bits per heavy atom. The van der Waals surface area contributed by atoms with E-state index < -0.39 is 39.4 Å². The maximum absolute atomic E-state index is 14.6. The normalized spacial score (nSPS) is 34.3. The molecule has 1 spiro atoms. The number of aliphatic hydroxyl groups excluding tert-OH is 1. The summed E-state index contributed by atoms with van der Waals surface area (Å²) in [6.07, 6.45) is 7.75. The van der Waals surface area contributed by atoms with E-state index >= 15 is 0 Å². The molecule has 1 aromatic rings. The van der Waals surface area contributed by atoms with E-state index in [-0.39, 0.29) is 30.9 Å². The molecule has 0 aliphatic carbocycles. The maximum atomic E-state index is 14.6. The number of aryl methyl sites for hydroxylation is 2. The molecule has 0 bridgehead atoms. The summed E-state index contributed by atoms with van der Waals surface area (Å²) < 4.78 is 3.84. The van der Waals surface area contributed by atoms with E-state index in [9.17, 15) is 19.5 Å². The molecule has 36 heavy (non-hydrogen) atoms. The number of fused-ring (bicyclic) bond motifs is 2. The Bertz CT molecular complexity index is 1160. The van der Waals surface area contributed by atoms with Gasteiger partial charge < -0.3 is 19.6 Å². The van der Waals surface area contributed by atoms with Gasteiger partial charge in [0.1, 0.15) is 12.6 Å². The summed E-state index contributed by atoms with van der Waals surface area (Å²) in [5, 5.41) is 10.4. The van der Waals surface area contributed by atoms with Crippen LogP contribution < -0.4 is 4.90 Å². The first-order valence-corrected chi connectivity index (χ1v) is 13.4. The van der Waals surface area contributed by atoms with Crippen LogP contribution in [0.5, 0.6) is 0 Å². The Hall–Kier alpha value is -2.58. The highest BCUT2D eigenvalue weighted by Gasteiger charge is 2.74. The number of carbonyl (C=O) groups is 3. The van der Waals surface area contributed by atoms with Gasteiger partial charge in [0.2, 0.25) is 5.91 Å². The number of benzene rings is 1. The molecule has 192 valence electrons. The van der Waals surface area contributed by atoms with Crippen molar-refractivity contribution in [2.24, 2.45) is 17.8 Å². The van der Waals surface area contributed by atoms with Crippen molar-refractivity contribution >= 4 is 35.2 Å². The molecule has 4 aliphatic heterocycles. The zero-order valence-corrected chi connectivity index (χ0v) is 22.2. The van der Waals surface area contributed by atoms with E-state index in [1.165, 1.54) is 11.8 Å². The van der Waals surface area contributed by atoms with Crippen molar-refractivity contribution in [2.45, 2.75) is 56.2 Å². The lowest BCUT2D eigenvalue weighted by Crippen LogP contribution is -2.58. The molecule has 1 unspecified atom stereocenters. The van der Waals surface area contributed by atoms with Crippen LogP contribution in [0.4, 0.5) is 5.69 Å². The van der Waals surface area contributed by atoms with Crippen molar-refractivity contribution in [3.05, 3.63) is 53.6 Å². The highest BCUT2D eigenvalue weighted by molar-refractivity contribution is 8.02. The van der Waals surface area contributed by atoms with Gasteiger partial charge in [0.05, 0.1) is 29.2 Å². The molecule has 2 fully saturated rings. The fraction of sp³-hybridized carbons (Fsp3) is 0.536. The largest absolute Gasteiger partial charge is 0.461 e. The van der Waals surface area contributed by atoms with Gasteiger partial charge in [-0.15, -0.1) is 11.8 Å². The number of para-hydroxylation sites is 1. The number of ether oxygens (including phenoxy) is 1. The van der Waals surface area contributed by atoms with Crippen molar-refractivity contribution in [1.82, 2.24) is 4.90 Å². The van der Waals surface area contributed by atoms with Crippen LogP contribution in [0, 0.1) is 31.6 Å². The van der Waals surface area contributed by atoms with Gasteiger partial charge in [-0.05, 0) is 43.9 Å². The Morgan fingerprint density at radius 1 is 1.08 bits per heavy atom. The number of rotatable bonds is 4. The molecule has 8 heteroatoms. The molecular weight excluding hydrogens is 476 g/mol. The minimum Gasteiger partial charge on any atom is -0.461 e. The van der Waals surface area contributed by atoms with Gasteiger partial charge >= 0.3 is 5.97 Å². The molecule has 2 amide bonds. The highest BCUT2D eigenvalue weighted by atomic mass is 32.2. The summed E-state index contributed by atoms with van der Waals surface area (Å²) in [5.74, 6) is -2.43. The second kappa shape index (κ2) is 8.77. The van der Waals surface area contributed by atoms with Crippen molar-refractivity contribution in [1.29, 1.82) is 0 Å². The van der Waals surface area contributed by atoms with E-state index in [4.69, 9.17) is 4.74 Å². The molecule has 0 aromatic heterocycles. The van der Waals surface area contributed by atoms with Crippen molar-refractivity contribution in [2.75, 3.05) is 24.7 Å².